The van der Waals surface area contributed by atoms with Crippen molar-refractivity contribution in [1.82, 2.24) is 10.2 Å². The van der Waals surface area contributed by atoms with E-state index in [1.807, 2.05) is 4.90 Å². The molecule has 2 aliphatic heterocycles. The summed E-state index contributed by atoms with van der Waals surface area (Å²) in [6, 6.07) is 5.73. The maximum atomic E-state index is 12.3. The van der Waals surface area contributed by atoms with Crippen LogP contribution in [0.1, 0.15) is 25.7 Å². The third kappa shape index (κ3) is 3.67. The molecule has 0 radical (unpaired) electrons. The van der Waals surface area contributed by atoms with Gasteiger partial charge in [-0.3, -0.25) is 0 Å². The number of hydrogen-bond donors (Lipinski definition) is 2. The minimum atomic E-state index is -0.0591. The Labute approximate surface area is 141 Å². The number of nitrogens with one attached hydrogen (secondary N) is 2. The van der Waals surface area contributed by atoms with Crippen LogP contribution in [0.2, 0.25) is 10.0 Å². The Kier molecular flexibility index (Phi) is 5.11. The van der Waals surface area contributed by atoms with Gasteiger partial charge < -0.3 is 15.5 Å². The van der Waals surface area contributed by atoms with Crippen molar-refractivity contribution >= 4 is 34.9 Å². The largest absolute Gasteiger partial charge is 0.325 e. The van der Waals surface area contributed by atoms with E-state index in [0.29, 0.717) is 27.7 Å². The molecule has 6 heteroatoms. The lowest BCUT2D eigenvalue weighted by molar-refractivity contribution is 0.170. The first-order chi connectivity index (χ1) is 10.6. The zero-order valence-corrected chi connectivity index (χ0v) is 14.0. The molecule has 2 heterocycles. The van der Waals surface area contributed by atoms with Crippen molar-refractivity contribution < 1.29 is 4.79 Å². The van der Waals surface area contributed by atoms with Gasteiger partial charge in [0.05, 0.1) is 10.0 Å². The van der Waals surface area contributed by atoms with Crippen LogP contribution in [0, 0.1) is 5.92 Å². The summed E-state index contributed by atoms with van der Waals surface area (Å²) < 4.78 is 0. The average Bonchev–Trinajstić information content (AvgIpc) is 3.05. The Morgan fingerprint density at radius 1 is 1.18 bits per heavy atom. The van der Waals surface area contributed by atoms with Crippen molar-refractivity contribution in [1.29, 1.82) is 0 Å². The SMILES string of the molecule is O=C(Nc1ccc(Cl)c(Cl)c1)N1CCC(C2CCCN2)CC1. The predicted molar refractivity (Wildman–Crippen MR) is 90.8 cm³/mol. The zero-order chi connectivity index (χ0) is 15.5. The standard InChI is InChI=1S/C16H21Cl2N3O/c17-13-4-3-12(10-14(13)18)20-16(22)21-8-5-11(6-9-21)15-2-1-7-19-15/h3-4,10-11,15,19H,1-2,5-9H2,(H,20,22). The van der Waals surface area contributed by atoms with Crippen molar-refractivity contribution in [3.05, 3.63) is 28.2 Å². The zero-order valence-electron chi connectivity index (χ0n) is 12.4. The number of nitrogens with zero attached hydrogens (tertiary/aromatic N) is 1. The molecule has 1 atom stereocenters. The molecule has 1 aromatic carbocycles. The topological polar surface area (TPSA) is 44.4 Å². The summed E-state index contributed by atoms with van der Waals surface area (Å²) in [5.74, 6) is 0.705. The lowest BCUT2D eigenvalue weighted by Gasteiger charge is -2.34. The molecule has 4 nitrogen and oxygen atoms in total. The van der Waals surface area contributed by atoms with Crippen LogP contribution >= 0.6 is 23.2 Å². The molecule has 2 N–H and O–H groups in total. The second kappa shape index (κ2) is 7.07. The van der Waals surface area contributed by atoms with Gasteiger partial charge in [0, 0.05) is 24.8 Å². The van der Waals surface area contributed by atoms with Crippen LogP contribution < -0.4 is 10.6 Å². The summed E-state index contributed by atoms with van der Waals surface area (Å²) >= 11 is 11.9. The van der Waals surface area contributed by atoms with Crippen LogP contribution in [0.3, 0.4) is 0 Å². The van der Waals surface area contributed by atoms with Gasteiger partial charge in [-0.25, -0.2) is 4.79 Å². The number of halogens is 2. The Morgan fingerprint density at radius 2 is 1.95 bits per heavy atom. The van der Waals surface area contributed by atoms with Gasteiger partial charge in [-0.15, -0.1) is 0 Å². The van der Waals surface area contributed by atoms with Gasteiger partial charge in [0.1, 0.15) is 0 Å². The molecule has 0 aromatic heterocycles. The van der Waals surface area contributed by atoms with Crippen molar-refractivity contribution in [3.63, 3.8) is 0 Å². The third-order valence-corrected chi connectivity index (χ3v) is 5.40. The highest BCUT2D eigenvalue weighted by molar-refractivity contribution is 6.42. The molecule has 2 saturated heterocycles. The van der Waals surface area contributed by atoms with E-state index in [-0.39, 0.29) is 6.03 Å². The Balaban J connectivity index is 1.52. The van der Waals surface area contributed by atoms with Crippen LogP contribution in [0.25, 0.3) is 0 Å². The van der Waals surface area contributed by atoms with Crippen LogP contribution in [-0.4, -0.2) is 36.6 Å². The molecular weight excluding hydrogens is 321 g/mol. The summed E-state index contributed by atoms with van der Waals surface area (Å²) in [4.78, 5) is 14.2. The normalized spacial score (nSPS) is 22.8. The summed E-state index contributed by atoms with van der Waals surface area (Å²) in [5, 5.41) is 7.41. The maximum Gasteiger partial charge on any atom is 0.321 e. The second-order valence-electron chi connectivity index (χ2n) is 6.09. The van der Waals surface area contributed by atoms with E-state index < -0.39 is 0 Å². The van der Waals surface area contributed by atoms with Crippen molar-refractivity contribution in [2.75, 3.05) is 25.0 Å². The summed E-state index contributed by atoms with van der Waals surface area (Å²) in [5.41, 5.74) is 0.680. The van der Waals surface area contributed by atoms with E-state index in [4.69, 9.17) is 23.2 Å². The first-order valence-electron chi connectivity index (χ1n) is 7.88. The van der Waals surface area contributed by atoms with Gasteiger partial charge in [-0.05, 0) is 56.3 Å². The van der Waals surface area contributed by atoms with Crippen LogP contribution in [-0.2, 0) is 0 Å². The van der Waals surface area contributed by atoms with Crippen molar-refractivity contribution in [2.45, 2.75) is 31.7 Å². The van der Waals surface area contributed by atoms with E-state index in [1.54, 1.807) is 18.2 Å². The number of rotatable bonds is 2. The fourth-order valence-electron chi connectivity index (χ4n) is 3.40. The molecule has 3 rings (SSSR count). The number of amides is 2. The van der Waals surface area contributed by atoms with E-state index in [1.165, 1.54) is 12.8 Å². The van der Waals surface area contributed by atoms with Crippen molar-refractivity contribution in [2.24, 2.45) is 5.92 Å². The number of carbonyl (C=O) groups is 1. The van der Waals surface area contributed by atoms with Gasteiger partial charge in [0.2, 0.25) is 0 Å². The third-order valence-electron chi connectivity index (χ3n) is 4.67. The summed E-state index contributed by atoms with van der Waals surface area (Å²) in [6.45, 7) is 2.77. The molecule has 1 unspecified atom stereocenters. The van der Waals surface area contributed by atoms with Crippen LogP contribution in [0.4, 0.5) is 10.5 Å². The number of carbonyl (C=O) groups excluding carboxylic acids is 1. The number of piperidine rings is 1. The van der Waals surface area contributed by atoms with Crippen molar-refractivity contribution in [3.8, 4) is 0 Å². The van der Waals surface area contributed by atoms with E-state index in [9.17, 15) is 4.79 Å². The molecule has 120 valence electrons. The average molecular weight is 342 g/mol. The molecule has 1 aromatic rings. The Bertz CT molecular complexity index is 538. The maximum absolute atomic E-state index is 12.3. The number of likely N-dealkylation sites (tertiary alicyclic amines) is 1. The molecular formula is C16H21Cl2N3O. The first-order valence-corrected chi connectivity index (χ1v) is 8.63. The van der Waals surface area contributed by atoms with Gasteiger partial charge in [-0.1, -0.05) is 23.2 Å². The fourth-order valence-corrected chi connectivity index (χ4v) is 3.69. The monoisotopic (exact) mass is 341 g/mol. The Morgan fingerprint density at radius 3 is 2.59 bits per heavy atom. The highest BCUT2D eigenvalue weighted by atomic mass is 35.5. The van der Waals surface area contributed by atoms with Gasteiger partial charge >= 0.3 is 6.03 Å². The van der Waals surface area contributed by atoms with Gasteiger partial charge in [0.25, 0.3) is 0 Å². The fraction of sp³-hybridized carbons (Fsp3) is 0.562. The lowest BCUT2D eigenvalue weighted by atomic mass is 9.89. The van der Waals surface area contributed by atoms with E-state index in [0.717, 1.165) is 32.5 Å². The number of benzene rings is 1. The Hall–Kier alpha value is -0.970. The quantitative estimate of drug-likeness (QED) is 0.854. The number of urea groups is 1. The minimum absolute atomic E-state index is 0.0591. The van der Waals surface area contributed by atoms with Gasteiger partial charge in [-0.2, -0.15) is 0 Å². The number of hydrogen-bond acceptors (Lipinski definition) is 2. The highest BCUT2D eigenvalue weighted by Gasteiger charge is 2.29. The molecule has 0 saturated carbocycles. The molecule has 0 spiro atoms. The first kappa shape index (κ1) is 15.9. The minimum Gasteiger partial charge on any atom is -0.325 e. The van der Waals surface area contributed by atoms with E-state index in [2.05, 4.69) is 10.6 Å². The van der Waals surface area contributed by atoms with Crippen LogP contribution in [0.15, 0.2) is 18.2 Å². The molecule has 0 bridgehead atoms. The van der Waals surface area contributed by atoms with Crippen LogP contribution in [0.5, 0.6) is 0 Å². The summed E-state index contributed by atoms with van der Waals surface area (Å²) in [7, 11) is 0. The second-order valence-corrected chi connectivity index (χ2v) is 6.90. The molecule has 2 amide bonds. The molecule has 2 aliphatic rings. The molecule has 0 aliphatic carbocycles. The number of anilines is 1. The predicted octanol–water partition coefficient (Wildman–Crippen LogP) is 3.99. The van der Waals surface area contributed by atoms with E-state index >= 15 is 0 Å². The lowest BCUT2D eigenvalue weighted by Crippen LogP contribution is -2.44. The smallest absolute Gasteiger partial charge is 0.321 e. The molecule has 22 heavy (non-hydrogen) atoms. The molecule has 2 fully saturated rings. The highest BCUT2D eigenvalue weighted by Crippen LogP contribution is 2.27. The van der Waals surface area contributed by atoms with Gasteiger partial charge in [0.15, 0.2) is 0 Å². The summed E-state index contributed by atoms with van der Waals surface area (Å²) in [6.07, 6.45) is 4.71.